The fraction of sp³-hybridized carbons (Fsp3) is 0.333. The van der Waals surface area contributed by atoms with Crippen molar-refractivity contribution in [2.45, 2.75) is 59.8 Å². The summed E-state index contributed by atoms with van der Waals surface area (Å²) in [6.07, 6.45) is 7.58. The van der Waals surface area contributed by atoms with Crippen LogP contribution in [0.25, 0.3) is 0 Å². The van der Waals surface area contributed by atoms with Gasteiger partial charge in [-0.1, -0.05) is 25.3 Å². The van der Waals surface area contributed by atoms with Crippen molar-refractivity contribution in [3.8, 4) is 0 Å². The molecule has 4 heterocycles. The second-order valence-corrected chi connectivity index (χ2v) is 11.0. The molecule has 2 amide bonds. The quantitative estimate of drug-likeness (QED) is 0.257. The number of carboxylic acids is 2. The highest BCUT2D eigenvalue weighted by molar-refractivity contribution is 6.11. The van der Waals surface area contributed by atoms with Crippen LogP contribution in [-0.4, -0.2) is 45.4 Å². The lowest BCUT2D eigenvalue weighted by Crippen LogP contribution is -2.22. The summed E-state index contributed by atoms with van der Waals surface area (Å²) in [6.45, 7) is 14.9. The van der Waals surface area contributed by atoms with Gasteiger partial charge < -0.3 is 20.8 Å². The zero-order valence-corrected chi connectivity index (χ0v) is 24.8. The summed E-state index contributed by atoms with van der Waals surface area (Å²) >= 11 is 0. The molecule has 10 heteroatoms. The van der Waals surface area contributed by atoms with Crippen molar-refractivity contribution < 1.29 is 29.4 Å². The van der Waals surface area contributed by atoms with E-state index in [0.717, 1.165) is 28.1 Å². The second kappa shape index (κ2) is 12.6. The standard InChI is InChI=1S/C33H36N4O6/c1-7-20-19(6)32(42)37-27(20)14-25-18(5)23(10-12-31(40)41)29(35-25)15-28-22(9-11-30(38)39)17(4)24(34-28)13-26-16(3)21(8-2)33(43)36-26/h7-8,13-14,22-23H,1-2,9-12,15H2,3-6H3,(H,36,43)(H,37,42)(H,38,39)(H,40,41)/b26-13+,27-14+. The van der Waals surface area contributed by atoms with Crippen LogP contribution in [0.2, 0.25) is 0 Å². The Morgan fingerprint density at radius 1 is 0.744 bits per heavy atom. The van der Waals surface area contributed by atoms with E-state index in [1.54, 1.807) is 25.2 Å². The van der Waals surface area contributed by atoms with Gasteiger partial charge in [-0.25, -0.2) is 0 Å². The summed E-state index contributed by atoms with van der Waals surface area (Å²) in [5, 5.41) is 24.6. The van der Waals surface area contributed by atoms with Crippen molar-refractivity contribution in [3.63, 3.8) is 0 Å². The third kappa shape index (κ3) is 6.33. The van der Waals surface area contributed by atoms with Crippen LogP contribution >= 0.6 is 0 Å². The van der Waals surface area contributed by atoms with Crippen LogP contribution in [-0.2, 0) is 19.2 Å². The predicted octanol–water partition coefficient (Wildman–Crippen LogP) is 4.83. The summed E-state index contributed by atoms with van der Waals surface area (Å²) in [6, 6.07) is 0. The maximum Gasteiger partial charge on any atom is 0.303 e. The van der Waals surface area contributed by atoms with Gasteiger partial charge >= 0.3 is 11.9 Å². The molecule has 0 spiro atoms. The Morgan fingerprint density at radius 2 is 1.21 bits per heavy atom. The number of aliphatic imine (C=N–C) groups is 2. The highest BCUT2D eigenvalue weighted by atomic mass is 16.4. The van der Waals surface area contributed by atoms with Crippen molar-refractivity contribution in [2.24, 2.45) is 21.8 Å². The maximum atomic E-state index is 12.3. The molecule has 0 aromatic carbocycles. The Labute approximate surface area is 250 Å². The number of amides is 2. The van der Waals surface area contributed by atoms with Crippen LogP contribution < -0.4 is 10.6 Å². The molecule has 10 nitrogen and oxygen atoms in total. The molecule has 2 atom stereocenters. The van der Waals surface area contributed by atoms with E-state index in [1.807, 2.05) is 20.8 Å². The second-order valence-electron chi connectivity index (χ2n) is 11.0. The van der Waals surface area contributed by atoms with Crippen LogP contribution in [0.1, 0.15) is 59.8 Å². The molecule has 0 aromatic rings. The number of hydrogen-bond donors (Lipinski definition) is 4. The van der Waals surface area contributed by atoms with E-state index in [-0.39, 0.29) is 36.5 Å². The lowest BCUT2D eigenvalue weighted by atomic mass is 9.84. The van der Waals surface area contributed by atoms with Crippen molar-refractivity contribution in [2.75, 3.05) is 0 Å². The Kier molecular flexibility index (Phi) is 9.08. The molecule has 4 aliphatic heterocycles. The van der Waals surface area contributed by atoms with E-state index in [0.29, 0.717) is 58.8 Å². The minimum Gasteiger partial charge on any atom is -0.481 e. The molecule has 43 heavy (non-hydrogen) atoms. The molecule has 0 saturated carbocycles. The fourth-order valence-corrected chi connectivity index (χ4v) is 5.85. The molecule has 4 aliphatic rings. The van der Waals surface area contributed by atoms with Gasteiger partial charge in [-0.3, -0.25) is 29.2 Å². The van der Waals surface area contributed by atoms with E-state index in [2.05, 4.69) is 23.8 Å². The van der Waals surface area contributed by atoms with E-state index in [1.165, 1.54) is 6.08 Å². The minimum absolute atomic E-state index is 0.0551. The molecule has 4 rings (SSSR count). The molecular formula is C33H36N4O6. The Bertz CT molecular complexity index is 1610. The number of aliphatic carboxylic acids is 2. The van der Waals surface area contributed by atoms with Crippen LogP contribution in [0.5, 0.6) is 0 Å². The number of rotatable bonds is 12. The third-order valence-electron chi connectivity index (χ3n) is 8.40. The van der Waals surface area contributed by atoms with Gasteiger partial charge in [0.15, 0.2) is 0 Å². The van der Waals surface area contributed by atoms with Gasteiger partial charge in [0.2, 0.25) is 0 Å². The third-order valence-corrected chi connectivity index (χ3v) is 8.40. The number of carboxylic acid groups (broad SMARTS) is 2. The predicted molar refractivity (Wildman–Crippen MR) is 164 cm³/mol. The van der Waals surface area contributed by atoms with Gasteiger partial charge in [0.25, 0.3) is 11.8 Å². The van der Waals surface area contributed by atoms with E-state index in [9.17, 15) is 29.4 Å². The van der Waals surface area contributed by atoms with Crippen molar-refractivity contribution in [1.82, 2.24) is 10.6 Å². The van der Waals surface area contributed by atoms with Gasteiger partial charge in [0.05, 0.1) is 17.1 Å². The summed E-state index contributed by atoms with van der Waals surface area (Å²) in [7, 11) is 0. The molecular weight excluding hydrogens is 548 g/mol. The lowest BCUT2D eigenvalue weighted by molar-refractivity contribution is -0.138. The Morgan fingerprint density at radius 3 is 1.65 bits per heavy atom. The van der Waals surface area contributed by atoms with Gasteiger partial charge in [0, 0.05) is 64.9 Å². The van der Waals surface area contributed by atoms with Crippen LogP contribution in [0.15, 0.2) is 104 Å². The molecule has 0 aliphatic carbocycles. The van der Waals surface area contributed by atoms with Crippen molar-refractivity contribution in [3.05, 3.63) is 93.7 Å². The average Bonchev–Trinajstić information content (AvgIpc) is 3.59. The van der Waals surface area contributed by atoms with E-state index < -0.39 is 11.9 Å². The first kappa shape index (κ1) is 31.1. The normalized spacial score (nSPS) is 23.9. The first-order valence-electron chi connectivity index (χ1n) is 14.1. The first-order valence-corrected chi connectivity index (χ1v) is 14.1. The van der Waals surface area contributed by atoms with Crippen LogP contribution in [0, 0.1) is 11.8 Å². The highest BCUT2D eigenvalue weighted by Crippen LogP contribution is 2.38. The lowest BCUT2D eigenvalue weighted by Gasteiger charge is -2.18. The van der Waals surface area contributed by atoms with E-state index >= 15 is 0 Å². The van der Waals surface area contributed by atoms with E-state index in [4.69, 9.17) is 9.98 Å². The number of nitrogens with one attached hydrogen (secondary N) is 2. The zero-order chi connectivity index (χ0) is 31.6. The minimum atomic E-state index is -0.917. The first-order chi connectivity index (χ1) is 20.4. The molecule has 0 aromatic heterocycles. The average molecular weight is 585 g/mol. The summed E-state index contributed by atoms with van der Waals surface area (Å²) in [5.41, 5.74) is 8.18. The largest absolute Gasteiger partial charge is 0.481 e. The van der Waals surface area contributed by atoms with Gasteiger partial charge in [-0.05, 0) is 69.4 Å². The molecule has 4 N–H and O–H groups in total. The number of allylic oxidation sites excluding steroid dienone is 6. The number of carbonyl (C=O) groups is 4. The molecule has 224 valence electrons. The number of hydrogen-bond acceptors (Lipinski definition) is 6. The fourth-order valence-electron chi connectivity index (χ4n) is 5.85. The smallest absolute Gasteiger partial charge is 0.303 e. The topological polar surface area (TPSA) is 158 Å². The monoisotopic (exact) mass is 584 g/mol. The van der Waals surface area contributed by atoms with Crippen LogP contribution in [0.3, 0.4) is 0 Å². The van der Waals surface area contributed by atoms with Crippen molar-refractivity contribution in [1.29, 1.82) is 0 Å². The Hall–Kier alpha value is -4.86. The highest BCUT2D eigenvalue weighted by Gasteiger charge is 2.34. The zero-order valence-electron chi connectivity index (χ0n) is 24.8. The molecule has 2 unspecified atom stereocenters. The van der Waals surface area contributed by atoms with Crippen molar-refractivity contribution >= 4 is 35.2 Å². The Balaban J connectivity index is 1.71. The van der Waals surface area contributed by atoms with Gasteiger partial charge in [-0.15, -0.1) is 0 Å². The SMILES string of the molecule is C=CC1=C(C)/C(=C\C2=C(C)C(CCC(=O)O)C(CC3=NC(/C=C4/NC(=O)C(C)=C4C=C)=C(C)C3CCC(=O)O)=N2)NC1=O. The number of nitrogens with zero attached hydrogens (tertiary/aromatic N) is 2. The number of carbonyl (C=O) groups excluding carboxylic acids is 2. The maximum absolute atomic E-state index is 12.3. The van der Waals surface area contributed by atoms with Gasteiger partial charge in [0.1, 0.15) is 0 Å². The molecule has 0 fully saturated rings. The summed E-state index contributed by atoms with van der Waals surface area (Å²) in [4.78, 5) is 57.4. The molecule has 0 radical (unpaired) electrons. The molecule has 0 saturated heterocycles. The summed E-state index contributed by atoms with van der Waals surface area (Å²) < 4.78 is 0. The molecule has 0 bridgehead atoms. The summed E-state index contributed by atoms with van der Waals surface area (Å²) in [5.74, 6) is -2.81. The van der Waals surface area contributed by atoms with Crippen LogP contribution in [0.4, 0.5) is 0 Å². The van der Waals surface area contributed by atoms with Gasteiger partial charge in [-0.2, -0.15) is 0 Å².